The zero-order chi connectivity index (χ0) is 22.6. The van der Waals surface area contributed by atoms with Crippen LogP contribution in [-0.2, 0) is 0 Å². The Hall–Kier alpha value is -2.38. The largest absolute Gasteiger partial charge is 0.439 e. The molecule has 1 atom stereocenters. The Bertz CT molecular complexity index is 730. The third-order valence-electron chi connectivity index (χ3n) is 4.26. The molecular weight excluding hydrogens is 383 g/mol. The van der Waals surface area contributed by atoms with Crippen molar-refractivity contribution in [2.45, 2.75) is 52.6 Å². The first kappa shape index (κ1) is 25.7. The van der Waals surface area contributed by atoms with E-state index in [0.29, 0.717) is 49.1 Å². The van der Waals surface area contributed by atoms with Gasteiger partial charge in [-0.1, -0.05) is 39.8 Å². The van der Waals surface area contributed by atoms with Gasteiger partial charge in [0.25, 0.3) is 0 Å². The molecule has 0 amide bonds. The van der Waals surface area contributed by atoms with Gasteiger partial charge in [-0.25, -0.2) is 4.39 Å². The molecule has 0 radical (unpaired) electrons. The topological polar surface area (TPSA) is 91.9 Å². The zero-order valence-corrected chi connectivity index (χ0v) is 18.7. The van der Waals surface area contributed by atoms with E-state index in [1.807, 2.05) is 0 Å². The molecule has 0 spiro atoms. The maximum Gasteiger partial charge on any atom is 0.222 e. The molecule has 1 unspecified atom stereocenters. The summed E-state index contributed by atoms with van der Waals surface area (Å²) in [6, 6.07) is 5.78. The number of aliphatic imine (C=N–C) groups is 1. The fourth-order valence-corrected chi connectivity index (χ4v) is 2.90. The number of hydrogen-bond acceptors (Lipinski definition) is 6. The van der Waals surface area contributed by atoms with E-state index in [9.17, 15) is 9.50 Å². The summed E-state index contributed by atoms with van der Waals surface area (Å²) in [5.74, 6) is 0.998. The van der Waals surface area contributed by atoms with Crippen LogP contribution in [0.3, 0.4) is 0 Å². The van der Waals surface area contributed by atoms with Gasteiger partial charge in [0.1, 0.15) is 17.4 Å². The Kier molecular flexibility index (Phi) is 11.1. The normalized spacial score (nSPS) is 14.5. The number of nitrogens with zero attached hydrogens (tertiary/aromatic N) is 1. The summed E-state index contributed by atoms with van der Waals surface area (Å²) in [4.78, 5) is 4.31. The number of nitrogens with one attached hydrogen (secondary N) is 2. The van der Waals surface area contributed by atoms with Gasteiger partial charge in [-0.15, -0.1) is 0 Å². The van der Waals surface area contributed by atoms with Gasteiger partial charge in [0.2, 0.25) is 5.90 Å². The molecule has 30 heavy (non-hydrogen) atoms. The minimum atomic E-state index is -0.796. The second-order valence-corrected chi connectivity index (χ2v) is 8.02. The number of allylic oxidation sites excluding steroid dienone is 1. The lowest BCUT2D eigenvalue weighted by Crippen LogP contribution is -2.43. The van der Waals surface area contributed by atoms with Crippen LogP contribution in [0.25, 0.3) is 0 Å². The van der Waals surface area contributed by atoms with Crippen LogP contribution in [0.4, 0.5) is 4.39 Å². The fourth-order valence-electron chi connectivity index (χ4n) is 2.90. The first-order chi connectivity index (χ1) is 14.1. The van der Waals surface area contributed by atoms with Gasteiger partial charge in [0, 0.05) is 30.9 Å². The van der Waals surface area contributed by atoms with Crippen molar-refractivity contribution in [2.24, 2.45) is 16.6 Å². The van der Waals surface area contributed by atoms with Gasteiger partial charge in [0.05, 0.1) is 5.60 Å². The monoisotopic (exact) mass is 420 g/mol. The molecule has 5 N–H and O–H groups in total. The molecule has 0 saturated carbocycles. The van der Waals surface area contributed by atoms with Crippen molar-refractivity contribution in [3.8, 4) is 5.75 Å². The molecule has 0 fully saturated rings. The minimum absolute atomic E-state index is 0.195. The highest BCUT2D eigenvalue weighted by Gasteiger charge is 2.25. The Balaban J connectivity index is 2.69. The number of rotatable bonds is 13. The third-order valence-corrected chi connectivity index (χ3v) is 4.26. The molecule has 1 aromatic carbocycles. The summed E-state index contributed by atoms with van der Waals surface area (Å²) in [5, 5.41) is 17.3. The maximum absolute atomic E-state index is 13.4. The molecule has 0 aromatic heterocycles. The molecule has 1 aromatic rings. The van der Waals surface area contributed by atoms with Crippen LogP contribution in [0.2, 0.25) is 0 Å². The van der Waals surface area contributed by atoms with E-state index in [2.05, 4.69) is 43.0 Å². The van der Waals surface area contributed by atoms with E-state index < -0.39 is 11.4 Å². The van der Waals surface area contributed by atoms with Gasteiger partial charge in [0.15, 0.2) is 0 Å². The highest BCUT2D eigenvalue weighted by atomic mass is 19.1. The van der Waals surface area contributed by atoms with Crippen molar-refractivity contribution in [3.05, 3.63) is 54.3 Å². The standard InChI is InChI=1S/C23H37FN4O2/c1-6-10-23(29,16-26-15-17(2)3)11-12-27-19(5)28-22(13-18(4)25)30-21-9-7-8-20(24)14-21/h7-9,13-14,17,26-27,29H,5-6,10-12,15-16,25H2,1-4H3/b18-13-,28-22+. The van der Waals surface area contributed by atoms with Crippen LogP contribution in [0, 0.1) is 11.7 Å². The van der Waals surface area contributed by atoms with Crippen LogP contribution in [0.15, 0.2) is 53.4 Å². The van der Waals surface area contributed by atoms with E-state index in [4.69, 9.17) is 10.5 Å². The van der Waals surface area contributed by atoms with Crippen molar-refractivity contribution in [3.63, 3.8) is 0 Å². The average molecular weight is 421 g/mol. The van der Waals surface area contributed by atoms with Gasteiger partial charge >= 0.3 is 0 Å². The predicted molar refractivity (Wildman–Crippen MR) is 122 cm³/mol. The Morgan fingerprint density at radius 2 is 2.13 bits per heavy atom. The van der Waals surface area contributed by atoms with E-state index in [-0.39, 0.29) is 5.90 Å². The Labute approximate surface area is 180 Å². The number of benzene rings is 1. The summed E-state index contributed by atoms with van der Waals surface area (Å²) >= 11 is 0. The molecule has 7 heteroatoms. The highest BCUT2D eigenvalue weighted by molar-refractivity contribution is 5.90. The third kappa shape index (κ3) is 11.0. The van der Waals surface area contributed by atoms with Crippen molar-refractivity contribution in [2.75, 3.05) is 19.6 Å². The summed E-state index contributed by atoms with van der Waals surface area (Å²) in [6.07, 6.45) is 3.69. The molecule has 0 heterocycles. The molecular formula is C23H37FN4O2. The lowest BCUT2D eigenvalue weighted by atomic mass is 9.93. The lowest BCUT2D eigenvalue weighted by molar-refractivity contribution is 0.0229. The first-order valence-corrected chi connectivity index (χ1v) is 10.5. The first-order valence-electron chi connectivity index (χ1n) is 10.5. The Morgan fingerprint density at radius 3 is 2.73 bits per heavy atom. The molecule has 168 valence electrons. The Morgan fingerprint density at radius 1 is 1.40 bits per heavy atom. The van der Waals surface area contributed by atoms with E-state index >= 15 is 0 Å². The van der Waals surface area contributed by atoms with E-state index in [1.54, 1.807) is 25.1 Å². The quantitative estimate of drug-likeness (QED) is 0.289. The van der Waals surface area contributed by atoms with Crippen molar-refractivity contribution in [1.82, 2.24) is 10.6 Å². The van der Waals surface area contributed by atoms with Crippen LogP contribution < -0.4 is 21.1 Å². The van der Waals surface area contributed by atoms with Gasteiger partial charge < -0.3 is 26.2 Å². The van der Waals surface area contributed by atoms with Gasteiger partial charge in [-0.05, 0) is 44.4 Å². The average Bonchev–Trinajstić information content (AvgIpc) is 2.61. The van der Waals surface area contributed by atoms with Crippen molar-refractivity contribution in [1.29, 1.82) is 0 Å². The molecule has 0 bridgehead atoms. The minimum Gasteiger partial charge on any atom is -0.439 e. The van der Waals surface area contributed by atoms with Crippen molar-refractivity contribution >= 4 is 5.90 Å². The number of halogens is 1. The molecule has 0 aliphatic rings. The van der Waals surface area contributed by atoms with Crippen molar-refractivity contribution < 1.29 is 14.2 Å². The second-order valence-electron chi connectivity index (χ2n) is 8.02. The SMILES string of the molecule is C=C(/N=C(\C=C(\C)N)Oc1cccc(F)c1)NCCC(O)(CCC)CNCC(C)C. The summed E-state index contributed by atoms with van der Waals surface area (Å²) in [5.41, 5.74) is 5.44. The number of hydrogen-bond donors (Lipinski definition) is 4. The van der Waals surface area contributed by atoms with E-state index in [1.165, 1.54) is 12.1 Å². The van der Waals surface area contributed by atoms with Crippen LogP contribution >= 0.6 is 0 Å². The number of aliphatic hydroxyl groups is 1. The van der Waals surface area contributed by atoms with Crippen LogP contribution in [0.1, 0.15) is 47.0 Å². The molecule has 0 saturated heterocycles. The number of ether oxygens (including phenoxy) is 1. The smallest absolute Gasteiger partial charge is 0.222 e. The molecule has 0 aliphatic heterocycles. The van der Waals surface area contributed by atoms with Crippen LogP contribution in [-0.4, -0.2) is 36.2 Å². The lowest BCUT2D eigenvalue weighted by Gasteiger charge is -2.29. The predicted octanol–water partition coefficient (Wildman–Crippen LogP) is 3.69. The molecule has 6 nitrogen and oxygen atoms in total. The fraction of sp³-hybridized carbons (Fsp3) is 0.522. The zero-order valence-electron chi connectivity index (χ0n) is 18.7. The molecule has 0 aliphatic carbocycles. The summed E-state index contributed by atoms with van der Waals surface area (Å²) in [7, 11) is 0. The molecule has 1 rings (SSSR count). The van der Waals surface area contributed by atoms with Gasteiger partial charge in [-0.2, -0.15) is 4.99 Å². The second kappa shape index (κ2) is 13.0. The van der Waals surface area contributed by atoms with Gasteiger partial charge in [-0.3, -0.25) is 0 Å². The summed E-state index contributed by atoms with van der Waals surface area (Å²) < 4.78 is 19.0. The van der Waals surface area contributed by atoms with E-state index in [0.717, 1.165) is 13.0 Å². The summed E-state index contributed by atoms with van der Waals surface area (Å²) in [6.45, 7) is 13.8. The number of nitrogens with two attached hydrogens (primary N) is 1. The van der Waals surface area contributed by atoms with Crippen LogP contribution in [0.5, 0.6) is 5.75 Å². The highest BCUT2D eigenvalue weighted by Crippen LogP contribution is 2.17. The maximum atomic E-state index is 13.4.